The summed E-state index contributed by atoms with van der Waals surface area (Å²) in [6, 6.07) is 18.4. The number of hydrogen-bond acceptors (Lipinski definition) is 5. The lowest BCUT2D eigenvalue weighted by Gasteiger charge is -2.24. The van der Waals surface area contributed by atoms with Gasteiger partial charge in [-0.05, 0) is 60.5 Å². The second-order valence-electron chi connectivity index (χ2n) is 7.30. The van der Waals surface area contributed by atoms with Gasteiger partial charge < -0.3 is 9.84 Å². The molecule has 2 heterocycles. The number of nitrogens with zero attached hydrogens (tertiary/aromatic N) is 2. The number of aromatic nitrogens is 1. The summed E-state index contributed by atoms with van der Waals surface area (Å²) in [6.45, 7) is 1.72. The van der Waals surface area contributed by atoms with Crippen LogP contribution in [-0.4, -0.2) is 28.6 Å². The van der Waals surface area contributed by atoms with E-state index in [0.717, 1.165) is 47.0 Å². The van der Waals surface area contributed by atoms with Gasteiger partial charge in [0.05, 0.1) is 23.4 Å². The normalized spacial score (nSPS) is 17.5. The van der Waals surface area contributed by atoms with Crippen LogP contribution in [0.5, 0.6) is 11.5 Å². The van der Waals surface area contributed by atoms with Crippen molar-refractivity contribution >= 4 is 32.3 Å². The molecule has 1 aliphatic heterocycles. The van der Waals surface area contributed by atoms with Crippen molar-refractivity contribution in [2.75, 3.05) is 13.7 Å². The number of methoxy groups -OCH3 is 1. The Morgan fingerprint density at radius 2 is 2.04 bits per heavy atom. The molecule has 3 aromatic carbocycles. The zero-order valence-corrected chi connectivity index (χ0v) is 16.6. The van der Waals surface area contributed by atoms with Crippen molar-refractivity contribution < 1.29 is 9.84 Å². The van der Waals surface area contributed by atoms with Gasteiger partial charge in [0.1, 0.15) is 16.5 Å². The minimum Gasteiger partial charge on any atom is -0.508 e. The maximum atomic E-state index is 10.6. The molecule has 0 bridgehead atoms. The van der Waals surface area contributed by atoms with E-state index < -0.39 is 0 Å². The number of benzene rings is 3. The number of phenolic OH excluding ortho intramolecular Hbond substituents is 1. The molecule has 1 atom stereocenters. The van der Waals surface area contributed by atoms with Crippen LogP contribution < -0.4 is 4.74 Å². The van der Waals surface area contributed by atoms with Gasteiger partial charge in [-0.3, -0.25) is 4.90 Å². The number of hydrogen-bond donors (Lipinski definition) is 1. The summed E-state index contributed by atoms with van der Waals surface area (Å²) < 4.78 is 6.65. The standard InChI is InChI=1S/C23H22N2O2S/c1-27-16-10-8-15-9-11-21(26)18(17(15)13-16)14-25-12-4-6-20(25)23-24-19-5-2-3-7-22(19)28-23/h2-3,5,7-11,13,20,26H,4,6,12,14H2,1H3/t20-/m1/s1. The van der Waals surface area contributed by atoms with Crippen molar-refractivity contribution in [1.29, 1.82) is 0 Å². The average Bonchev–Trinajstić information content (AvgIpc) is 3.36. The van der Waals surface area contributed by atoms with Crippen molar-refractivity contribution in [3.05, 3.63) is 65.2 Å². The van der Waals surface area contributed by atoms with Gasteiger partial charge in [0, 0.05) is 12.1 Å². The van der Waals surface area contributed by atoms with Crippen LogP contribution in [0.3, 0.4) is 0 Å². The van der Waals surface area contributed by atoms with Gasteiger partial charge in [-0.1, -0.05) is 24.3 Å². The number of para-hydroxylation sites is 1. The summed E-state index contributed by atoms with van der Waals surface area (Å²) in [5.41, 5.74) is 2.04. The van der Waals surface area contributed by atoms with Crippen LogP contribution in [0.2, 0.25) is 0 Å². The minimum atomic E-state index is 0.303. The molecule has 0 unspecified atom stereocenters. The van der Waals surface area contributed by atoms with Gasteiger partial charge in [-0.2, -0.15) is 0 Å². The van der Waals surface area contributed by atoms with Crippen LogP contribution in [-0.2, 0) is 6.54 Å². The molecule has 0 aliphatic carbocycles. The van der Waals surface area contributed by atoms with Gasteiger partial charge >= 0.3 is 0 Å². The fraction of sp³-hybridized carbons (Fsp3) is 0.261. The third kappa shape index (κ3) is 3.01. The first-order chi connectivity index (χ1) is 13.7. The summed E-state index contributed by atoms with van der Waals surface area (Å²) in [6.07, 6.45) is 2.25. The molecule has 1 fully saturated rings. The Morgan fingerprint density at radius 1 is 1.18 bits per heavy atom. The molecule has 0 saturated carbocycles. The topological polar surface area (TPSA) is 45.6 Å². The number of aromatic hydroxyl groups is 1. The maximum absolute atomic E-state index is 10.6. The molecule has 0 amide bonds. The average molecular weight is 391 g/mol. The van der Waals surface area contributed by atoms with E-state index in [9.17, 15) is 5.11 Å². The van der Waals surface area contributed by atoms with E-state index in [1.54, 1.807) is 24.5 Å². The highest BCUT2D eigenvalue weighted by Crippen LogP contribution is 2.39. The Morgan fingerprint density at radius 3 is 2.89 bits per heavy atom. The molecule has 5 rings (SSSR count). The van der Waals surface area contributed by atoms with Crippen molar-refractivity contribution in [3.8, 4) is 11.5 Å². The molecular formula is C23H22N2O2S. The molecule has 1 aromatic heterocycles. The van der Waals surface area contributed by atoms with Crippen LogP contribution in [0.25, 0.3) is 21.0 Å². The molecule has 0 spiro atoms. The van der Waals surface area contributed by atoms with Crippen LogP contribution in [0.4, 0.5) is 0 Å². The third-order valence-electron chi connectivity index (χ3n) is 5.64. The first kappa shape index (κ1) is 17.5. The Kier molecular flexibility index (Phi) is 4.41. The van der Waals surface area contributed by atoms with E-state index >= 15 is 0 Å². The Balaban J connectivity index is 1.52. The van der Waals surface area contributed by atoms with Crippen molar-refractivity contribution in [3.63, 3.8) is 0 Å². The van der Waals surface area contributed by atoms with Gasteiger partial charge in [0.25, 0.3) is 0 Å². The molecule has 28 heavy (non-hydrogen) atoms. The summed E-state index contributed by atoms with van der Waals surface area (Å²) >= 11 is 1.79. The van der Waals surface area contributed by atoms with Crippen molar-refractivity contribution in [2.24, 2.45) is 0 Å². The van der Waals surface area contributed by atoms with E-state index in [1.807, 2.05) is 30.3 Å². The molecule has 4 aromatic rings. The number of likely N-dealkylation sites (tertiary alicyclic amines) is 1. The fourth-order valence-electron chi connectivity index (χ4n) is 4.17. The Hall–Kier alpha value is -2.63. The highest BCUT2D eigenvalue weighted by atomic mass is 32.1. The maximum Gasteiger partial charge on any atom is 0.120 e. The van der Waals surface area contributed by atoms with Gasteiger partial charge in [0.15, 0.2) is 0 Å². The van der Waals surface area contributed by atoms with E-state index in [0.29, 0.717) is 18.3 Å². The molecule has 4 nitrogen and oxygen atoms in total. The number of thiazole rings is 1. The highest BCUT2D eigenvalue weighted by Gasteiger charge is 2.29. The molecule has 5 heteroatoms. The monoisotopic (exact) mass is 390 g/mol. The summed E-state index contributed by atoms with van der Waals surface area (Å²) in [5, 5.41) is 14.0. The molecule has 142 valence electrons. The van der Waals surface area contributed by atoms with Gasteiger partial charge in [-0.15, -0.1) is 11.3 Å². The first-order valence-corrected chi connectivity index (χ1v) is 10.4. The van der Waals surface area contributed by atoms with Gasteiger partial charge in [-0.25, -0.2) is 4.98 Å². The van der Waals surface area contributed by atoms with Crippen LogP contribution in [0.1, 0.15) is 29.5 Å². The van der Waals surface area contributed by atoms with Crippen molar-refractivity contribution in [2.45, 2.75) is 25.4 Å². The second kappa shape index (κ2) is 7.08. The lowest BCUT2D eigenvalue weighted by molar-refractivity contribution is 0.246. The van der Waals surface area contributed by atoms with E-state index in [-0.39, 0.29) is 0 Å². The largest absolute Gasteiger partial charge is 0.508 e. The molecule has 1 saturated heterocycles. The first-order valence-electron chi connectivity index (χ1n) is 9.61. The van der Waals surface area contributed by atoms with Gasteiger partial charge in [0.2, 0.25) is 0 Å². The van der Waals surface area contributed by atoms with E-state index in [2.05, 4.69) is 23.1 Å². The number of ether oxygens (including phenoxy) is 1. The smallest absolute Gasteiger partial charge is 0.120 e. The Labute approximate surface area is 168 Å². The number of fused-ring (bicyclic) bond motifs is 2. The van der Waals surface area contributed by atoms with Crippen LogP contribution >= 0.6 is 11.3 Å². The zero-order chi connectivity index (χ0) is 19.1. The lowest BCUT2D eigenvalue weighted by atomic mass is 10.0. The van der Waals surface area contributed by atoms with Crippen LogP contribution in [0, 0.1) is 0 Å². The SMILES string of the molecule is COc1ccc2ccc(O)c(CN3CCC[C@@H]3c3nc4ccccc4s3)c2c1. The van der Waals surface area contributed by atoms with Crippen LogP contribution in [0.15, 0.2) is 54.6 Å². The number of rotatable bonds is 4. The van der Waals surface area contributed by atoms with Crippen molar-refractivity contribution in [1.82, 2.24) is 9.88 Å². The zero-order valence-electron chi connectivity index (χ0n) is 15.8. The lowest BCUT2D eigenvalue weighted by Crippen LogP contribution is -2.22. The fourth-order valence-corrected chi connectivity index (χ4v) is 5.31. The molecule has 1 N–H and O–H groups in total. The third-order valence-corrected chi connectivity index (χ3v) is 6.77. The summed E-state index contributed by atoms with van der Waals surface area (Å²) in [4.78, 5) is 7.34. The predicted molar refractivity (Wildman–Crippen MR) is 114 cm³/mol. The Bertz CT molecular complexity index is 1120. The molecular weight excluding hydrogens is 368 g/mol. The molecule has 0 radical (unpaired) electrons. The molecule has 1 aliphatic rings. The quantitative estimate of drug-likeness (QED) is 0.500. The second-order valence-corrected chi connectivity index (χ2v) is 8.36. The summed E-state index contributed by atoms with van der Waals surface area (Å²) in [5.74, 6) is 1.15. The predicted octanol–water partition coefficient (Wildman–Crippen LogP) is 5.50. The van der Waals surface area contributed by atoms with E-state index in [1.165, 1.54) is 9.71 Å². The number of phenols is 1. The minimum absolute atomic E-state index is 0.303. The highest BCUT2D eigenvalue weighted by molar-refractivity contribution is 7.18. The van der Waals surface area contributed by atoms with E-state index in [4.69, 9.17) is 9.72 Å². The summed E-state index contributed by atoms with van der Waals surface area (Å²) in [7, 11) is 1.67.